The fraction of sp³-hybridized carbons (Fsp3) is 0.600. The maximum Gasteiger partial charge on any atom is 0.333 e. The summed E-state index contributed by atoms with van der Waals surface area (Å²) in [6, 6.07) is 6.14. The first-order valence-electron chi connectivity index (χ1n) is 9.38. The van der Waals surface area contributed by atoms with E-state index in [1.54, 1.807) is 0 Å². The van der Waals surface area contributed by atoms with Gasteiger partial charge in [0.2, 0.25) is 0 Å². The Labute approximate surface area is 155 Å². The standard InChI is InChI=1S/C20H27NO4S/c1-12-9-18(22)20(2)8-7-16-15-5-3-13(11-21-26(23,24)25)10-14(15)4-6-17(16)19(12)20/h3,5,10,16-19,21-22H,1,4,6-9,11H2,2H3,(H,23,24,25)/t16?,17?,18-,19?,20+/m0/s1. The lowest BCUT2D eigenvalue weighted by molar-refractivity contribution is -0.0178. The summed E-state index contributed by atoms with van der Waals surface area (Å²) < 4.78 is 32.8. The zero-order chi connectivity index (χ0) is 18.7. The van der Waals surface area contributed by atoms with Gasteiger partial charge >= 0.3 is 10.3 Å². The monoisotopic (exact) mass is 377 g/mol. The summed E-state index contributed by atoms with van der Waals surface area (Å²) >= 11 is 0. The Bertz CT molecular complexity index is 849. The number of nitrogens with one attached hydrogen (secondary N) is 1. The molecule has 26 heavy (non-hydrogen) atoms. The molecule has 0 amide bonds. The smallest absolute Gasteiger partial charge is 0.333 e. The molecule has 3 N–H and O–H groups in total. The summed E-state index contributed by atoms with van der Waals surface area (Å²) in [7, 11) is -4.17. The van der Waals surface area contributed by atoms with Crippen molar-refractivity contribution in [2.75, 3.05) is 0 Å². The van der Waals surface area contributed by atoms with E-state index < -0.39 is 10.3 Å². The summed E-state index contributed by atoms with van der Waals surface area (Å²) in [6.45, 7) is 6.63. The summed E-state index contributed by atoms with van der Waals surface area (Å²) in [5.74, 6) is 1.42. The Balaban J connectivity index is 1.60. The average molecular weight is 378 g/mol. The largest absolute Gasteiger partial charge is 0.392 e. The zero-order valence-corrected chi connectivity index (χ0v) is 15.9. The van der Waals surface area contributed by atoms with Crippen LogP contribution in [0.15, 0.2) is 30.4 Å². The minimum atomic E-state index is -4.17. The van der Waals surface area contributed by atoms with Crippen molar-refractivity contribution >= 4 is 10.3 Å². The van der Waals surface area contributed by atoms with Gasteiger partial charge in [-0.15, -0.1) is 0 Å². The topological polar surface area (TPSA) is 86.6 Å². The van der Waals surface area contributed by atoms with E-state index in [0.717, 1.165) is 37.7 Å². The van der Waals surface area contributed by atoms with Crippen LogP contribution in [-0.2, 0) is 23.3 Å². The van der Waals surface area contributed by atoms with E-state index >= 15 is 0 Å². The van der Waals surface area contributed by atoms with Crippen LogP contribution in [0, 0.1) is 17.3 Å². The van der Waals surface area contributed by atoms with Gasteiger partial charge in [-0.1, -0.05) is 37.3 Å². The molecule has 3 aliphatic carbocycles. The third-order valence-electron chi connectivity index (χ3n) is 7.12. The average Bonchev–Trinajstić information content (AvgIpc) is 2.81. The molecule has 0 saturated heterocycles. The van der Waals surface area contributed by atoms with Crippen molar-refractivity contribution < 1.29 is 18.1 Å². The SMILES string of the molecule is C=C1C[C@H](O)[C@@]2(C)CCC3c4ccc(CNS(=O)(=O)O)cc4CCC3C12. The van der Waals surface area contributed by atoms with E-state index in [1.165, 1.54) is 16.7 Å². The first-order valence-corrected chi connectivity index (χ1v) is 10.8. The molecule has 1 aromatic carbocycles. The molecule has 1 aromatic rings. The van der Waals surface area contributed by atoms with Crippen molar-refractivity contribution in [3.63, 3.8) is 0 Å². The molecule has 2 fully saturated rings. The van der Waals surface area contributed by atoms with E-state index in [-0.39, 0.29) is 18.1 Å². The van der Waals surface area contributed by atoms with Crippen LogP contribution in [0.4, 0.5) is 0 Å². The van der Waals surface area contributed by atoms with Crippen LogP contribution in [0.25, 0.3) is 0 Å². The Morgan fingerprint density at radius 2 is 2.12 bits per heavy atom. The number of aryl methyl sites for hydroxylation is 1. The van der Waals surface area contributed by atoms with Crippen molar-refractivity contribution in [2.24, 2.45) is 17.3 Å². The van der Waals surface area contributed by atoms with Gasteiger partial charge in [-0.2, -0.15) is 13.1 Å². The molecule has 0 bridgehead atoms. The number of aliphatic hydroxyl groups is 1. The summed E-state index contributed by atoms with van der Waals surface area (Å²) in [6.07, 6.45) is 4.61. The Kier molecular flexibility index (Phi) is 4.30. The molecule has 6 heteroatoms. The van der Waals surface area contributed by atoms with Gasteiger partial charge < -0.3 is 5.11 Å². The predicted octanol–water partition coefficient (Wildman–Crippen LogP) is 2.96. The fourth-order valence-corrected chi connectivity index (χ4v) is 6.26. The highest BCUT2D eigenvalue weighted by Crippen LogP contribution is 2.62. The minimum absolute atomic E-state index is 0.0326. The lowest BCUT2D eigenvalue weighted by atomic mass is 9.55. The molecule has 5 atom stereocenters. The van der Waals surface area contributed by atoms with Gasteiger partial charge in [-0.3, -0.25) is 4.55 Å². The van der Waals surface area contributed by atoms with Crippen LogP contribution in [0.1, 0.15) is 55.2 Å². The van der Waals surface area contributed by atoms with Crippen LogP contribution in [0.3, 0.4) is 0 Å². The summed E-state index contributed by atoms with van der Waals surface area (Å²) in [4.78, 5) is 0. The number of rotatable bonds is 3. The van der Waals surface area contributed by atoms with Crippen LogP contribution in [-0.4, -0.2) is 24.2 Å². The molecule has 0 radical (unpaired) electrons. The summed E-state index contributed by atoms with van der Waals surface area (Å²) in [5.41, 5.74) is 4.70. The molecule has 3 unspecified atom stereocenters. The molecule has 3 aliphatic rings. The van der Waals surface area contributed by atoms with E-state index in [0.29, 0.717) is 17.8 Å². The fourth-order valence-electron chi connectivity index (χ4n) is 5.91. The molecule has 0 heterocycles. The van der Waals surface area contributed by atoms with Crippen molar-refractivity contribution in [3.8, 4) is 0 Å². The van der Waals surface area contributed by atoms with Gasteiger partial charge in [0.25, 0.3) is 0 Å². The molecule has 5 nitrogen and oxygen atoms in total. The first-order chi connectivity index (χ1) is 12.2. The van der Waals surface area contributed by atoms with Crippen LogP contribution in [0.5, 0.6) is 0 Å². The highest BCUT2D eigenvalue weighted by molar-refractivity contribution is 7.83. The van der Waals surface area contributed by atoms with Gasteiger partial charge in [0, 0.05) is 12.0 Å². The lowest BCUT2D eigenvalue weighted by Crippen LogP contribution is -2.44. The third-order valence-corrected chi connectivity index (χ3v) is 7.63. The van der Waals surface area contributed by atoms with Crippen LogP contribution < -0.4 is 4.72 Å². The van der Waals surface area contributed by atoms with E-state index in [2.05, 4.69) is 30.4 Å². The second-order valence-electron chi connectivity index (χ2n) is 8.54. The Morgan fingerprint density at radius 1 is 1.35 bits per heavy atom. The second kappa shape index (κ2) is 6.16. The van der Waals surface area contributed by atoms with Crippen molar-refractivity contribution in [1.82, 2.24) is 4.72 Å². The van der Waals surface area contributed by atoms with Gasteiger partial charge in [-0.05, 0) is 66.5 Å². The zero-order valence-electron chi connectivity index (χ0n) is 15.1. The van der Waals surface area contributed by atoms with Crippen LogP contribution >= 0.6 is 0 Å². The van der Waals surface area contributed by atoms with Crippen molar-refractivity contribution in [3.05, 3.63) is 47.0 Å². The van der Waals surface area contributed by atoms with E-state index in [4.69, 9.17) is 4.55 Å². The van der Waals surface area contributed by atoms with Gasteiger partial charge in [0.15, 0.2) is 0 Å². The molecule has 2 saturated carbocycles. The molecule has 0 spiro atoms. The molecular weight excluding hydrogens is 350 g/mol. The molecule has 4 rings (SSSR count). The summed E-state index contributed by atoms with van der Waals surface area (Å²) in [5, 5.41) is 10.6. The number of benzene rings is 1. The van der Waals surface area contributed by atoms with E-state index in [1.807, 2.05) is 6.07 Å². The molecule has 142 valence electrons. The Hall–Kier alpha value is -1.21. The number of fused-ring (bicyclic) bond motifs is 5. The number of aliphatic hydroxyl groups excluding tert-OH is 1. The highest BCUT2D eigenvalue weighted by atomic mass is 32.2. The molecule has 0 aliphatic heterocycles. The predicted molar refractivity (Wildman–Crippen MR) is 100.0 cm³/mol. The van der Waals surface area contributed by atoms with Crippen molar-refractivity contribution in [2.45, 2.75) is 57.6 Å². The van der Waals surface area contributed by atoms with Crippen LogP contribution in [0.2, 0.25) is 0 Å². The quantitative estimate of drug-likeness (QED) is 0.558. The maximum absolute atomic E-state index is 10.9. The minimum Gasteiger partial charge on any atom is -0.392 e. The first kappa shape index (κ1) is 18.2. The Morgan fingerprint density at radius 3 is 2.85 bits per heavy atom. The lowest BCUT2D eigenvalue weighted by Gasteiger charge is -2.50. The van der Waals surface area contributed by atoms with E-state index in [9.17, 15) is 13.5 Å². The van der Waals surface area contributed by atoms with Crippen molar-refractivity contribution in [1.29, 1.82) is 0 Å². The molecular formula is C20H27NO4S. The second-order valence-corrected chi connectivity index (χ2v) is 9.78. The normalized spacial score (nSPS) is 36.3. The highest BCUT2D eigenvalue weighted by Gasteiger charge is 2.55. The van der Waals surface area contributed by atoms with Gasteiger partial charge in [0.05, 0.1) is 6.10 Å². The third kappa shape index (κ3) is 2.93. The number of hydrogen-bond acceptors (Lipinski definition) is 3. The molecule has 0 aromatic heterocycles. The van der Waals surface area contributed by atoms with Gasteiger partial charge in [0.1, 0.15) is 0 Å². The van der Waals surface area contributed by atoms with Gasteiger partial charge in [-0.25, -0.2) is 0 Å². The maximum atomic E-state index is 10.9. The number of hydrogen-bond donors (Lipinski definition) is 3.